The van der Waals surface area contributed by atoms with Crippen LogP contribution in [-0.4, -0.2) is 38.5 Å². The molecule has 1 saturated carbocycles. The Hall–Kier alpha value is -3.06. The lowest BCUT2D eigenvalue weighted by Crippen LogP contribution is -2.42. The summed E-state index contributed by atoms with van der Waals surface area (Å²) >= 11 is 0. The fourth-order valence-electron chi connectivity index (χ4n) is 5.67. The van der Waals surface area contributed by atoms with Gasteiger partial charge in [0.1, 0.15) is 5.82 Å². The summed E-state index contributed by atoms with van der Waals surface area (Å²) in [5, 5.41) is 11.8. The first-order valence-corrected chi connectivity index (χ1v) is 12.3. The van der Waals surface area contributed by atoms with E-state index < -0.39 is 4.92 Å². The summed E-state index contributed by atoms with van der Waals surface area (Å²) in [7, 11) is 0. The first kappa shape index (κ1) is 22.7. The second-order valence-electron chi connectivity index (χ2n) is 10.6. The van der Waals surface area contributed by atoms with Crippen LogP contribution in [0.25, 0.3) is 22.0 Å². The van der Waals surface area contributed by atoms with E-state index in [0.717, 1.165) is 42.9 Å². The summed E-state index contributed by atoms with van der Waals surface area (Å²) in [6.45, 7) is 10.8. The van der Waals surface area contributed by atoms with Crippen molar-refractivity contribution in [1.29, 1.82) is 0 Å². The summed E-state index contributed by atoms with van der Waals surface area (Å²) in [5.41, 5.74) is 2.38. The van der Waals surface area contributed by atoms with Crippen molar-refractivity contribution < 1.29 is 4.92 Å². The summed E-state index contributed by atoms with van der Waals surface area (Å²) in [6.07, 6.45) is 3.34. The van der Waals surface area contributed by atoms with E-state index in [1.165, 1.54) is 12.5 Å². The van der Waals surface area contributed by atoms with Gasteiger partial charge in [0.25, 0.3) is 11.2 Å². The van der Waals surface area contributed by atoms with Gasteiger partial charge in [-0.05, 0) is 62.9 Å². The fourth-order valence-corrected chi connectivity index (χ4v) is 5.67. The van der Waals surface area contributed by atoms with Crippen LogP contribution in [0, 0.1) is 15.5 Å². The van der Waals surface area contributed by atoms with Gasteiger partial charge in [-0.2, -0.15) is 0 Å². The summed E-state index contributed by atoms with van der Waals surface area (Å²) in [4.78, 5) is 32.3. The molecule has 1 aromatic heterocycles. The zero-order valence-corrected chi connectivity index (χ0v) is 20.3. The lowest BCUT2D eigenvalue weighted by molar-refractivity contribution is -0.384. The van der Waals surface area contributed by atoms with Gasteiger partial charge in [-0.3, -0.25) is 19.5 Å². The van der Waals surface area contributed by atoms with Gasteiger partial charge in [0.05, 0.1) is 15.8 Å². The van der Waals surface area contributed by atoms with Crippen LogP contribution in [0.5, 0.6) is 0 Å². The third-order valence-corrected chi connectivity index (χ3v) is 7.66. The molecule has 0 amide bonds. The summed E-state index contributed by atoms with van der Waals surface area (Å²) < 4.78 is 1.98. The van der Waals surface area contributed by atoms with E-state index in [2.05, 4.69) is 32.6 Å². The highest BCUT2D eigenvalue weighted by Gasteiger charge is 2.58. The van der Waals surface area contributed by atoms with E-state index in [9.17, 15) is 14.9 Å². The molecule has 2 unspecified atom stereocenters. The standard InChI is InChI=1S/C27H32N4O3/c1-17(2)25-28-23-10-9-20(19-7-5-8-21(13-19)31(33)34)14-22(23)26(32)30(25)24-15-27(24)11-6-12-29(16-27)18(3)4/h5,7-10,13-14,17-18,24H,6,11-12,15-16H2,1-4H3. The number of likely N-dealkylation sites (tertiary alicyclic amines) is 1. The number of piperidine rings is 1. The molecule has 34 heavy (non-hydrogen) atoms. The van der Waals surface area contributed by atoms with Crippen LogP contribution in [0.1, 0.15) is 64.7 Å². The Bertz CT molecular complexity index is 1330. The Morgan fingerprint density at radius 1 is 1.12 bits per heavy atom. The van der Waals surface area contributed by atoms with Crippen LogP contribution in [0.2, 0.25) is 0 Å². The van der Waals surface area contributed by atoms with Crippen molar-refractivity contribution in [2.75, 3.05) is 13.1 Å². The molecule has 2 fully saturated rings. The van der Waals surface area contributed by atoms with Crippen molar-refractivity contribution in [2.24, 2.45) is 5.41 Å². The highest BCUT2D eigenvalue weighted by atomic mass is 16.6. The summed E-state index contributed by atoms with van der Waals surface area (Å²) in [5.74, 6) is 0.986. The Morgan fingerprint density at radius 3 is 2.59 bits per heavy atom. The van der Waals surface area contributed by atoms with E-state index in [4.69, 9.17) is 4.98 Å². The molecule has 0 N–H and O–H groups in total. The SMILES string of the molecule is CC(C)c1nc2ccc(-c3cccc([N+](=O)[O-])c3)cc2c(=O)n1C1CC12CCCN(C(C)C)C2. The van der Waals surface area contributed by atoms with Gasteiger partial charge in [-0.15, -0.1) is 0 Å². The molecule has 1 aliphatic carbocycles. The van der Waals surface area contributed by atoms with Crippen molar-refractivity contribution in [3.8, 4) is 11.1 Å². The zero-order chi connectivity index (χ0) is 24.2. The van der Waals surface area contributed by atoms with Crippen molar-refractivity contribution in [3.63, 3.8) is 0 Å². The van der Waals surface area contributed by atoms with Crippen molar-refractivity contribution in [2.45, 2.75) is 65.0 Å². The maximum atomic E-state index is 13.9. The number of benzene rings is 2. The van der Waals surface area contributed by atoms with E-state index in [-0.39, 0.29) is 28.6 Å². The van der Waals surface area contributed by atoms with Gasteiger partial charge in [-0.1, -0.05) is 32.0 Å². The maximum absolute atomic E-state index is 13.9. The monoisotopic (exact) mass is 460 g/mol. The number of fused-ring (bicyclic) bond motifs is 1. The molecule has 7 nitrogen and oxygen atoms in total. The van der Waals surface area contributed by atoms with E-state index in [1.807, 2.05) is 28.8 Å². The summed E-state index contributed by atoms with van der Waals surface area (Å²) in [6, 6.07) is 12.8. The van der Waals surface area contributed by atoms with Gasteiger partial charge in [0.2, 0.25) is 0 Å². The molecule has 2 atom stereocenters. The van der Waals surface area contributed by atoms with Gasteiger partial charge in [0, 0.05) is 42.1 Å². The van der Waals surface area contributed by atoms with E-state index in [1.54, 1.807) is 12.1 Å². The highest BCUT2D eigenvalue weighted by molar-refractivity contribution is 5.84. The average molecular weight is 461 g/mol. The Balaban J connectivity index is 1.60. The second-order valence-corrected chi connectivity index (χ2v) is 10.6. The first-order valence-electron chi connectivity index (χ1n) is 12.3. The molecule has 5 rings (SSSR count). The van der Waals surface area contributed by atoms with Crippen LogP contribution in [0.4, 0.5) is 5.69 Å². The molecule has 2 heterocycles. The highest BCUT2D eigenvalue weighted by Crippen LogP contribution is 2.61. The number of aromatic nitrogens is 2. The number of nitro groups is 1. The smallest absolute Gasteiger partial charge is 0.270 e. The molecule has 1 spiro atoms. The predicted molar refractivity (Wildman–Crippen MR) is 134 cm³/mol. The molecule has 0 radical (unpaired) electrons. The number of rotatable bonds is 5. The van der Waals surface area contributed by atoms with Gasteiger partial charge < -0.3 is 4.90 Å². The Kier molecular flexibility index (Phi) is 5.55. The molecule has 178 valence electrons. The molecule has 1 saturated heterocycles. The number of non-ortho nitro benzene ring substituents is 1. The van der Waals surface area contributed by atoms with E-state index in [0.29, 0.717) is 16.9 Å². The third kappa shape index (κ3) is 3.82. The van der Waals surface area contributed by atoms with Crippen LogP contribution < -0.4 is 5.56 Å². The second kappa shape index (κ2) is 8.31. The molecule has 7 heteroatoms. The molecular formula is C27H32N4O3. The van der Waals surface area contributed by atoms with Crippen LogP contribution in [0.3, 0.4) is 0 Å². The molecule has 0 bridgehead atoms. The minimum absolute atomic E-state index is 0.00419. The largest absolute Gasteiger partial charge is 0.300 e. The maximum Gasteiger partial charge on any atom is 0.270 e. The van der Waals surface area contributed by atoms with Crippen LogP contribution in [-0.2, 0) is 0 Å². The average Bonchev–Trinajstić information content (AvgIpc) is 3.50. The number of hydrogen-bond acceptors (Lipinski definition) is 5. The van der Waals surface area contributed by atoms with Gasteiger partial charge in [-0.25, -0.2) is 4.98 Å². The molecular weight excluding hydrogens is 428 g/mol. The topological polar surface area (TPSA) is 81.3 Å². The lowest BCUT2D eigenvalue weighted by Gasteiger charge is -2.36. The van der Waals surface area contributed by atoms with Gasteiger partial charge in [0.15, 0.2) is 0 Å². The normalized spacial score (nSPS) is 22.7. The van der Waals surface area contributed by atoms with Crippen molar-refractivity contribution >= 4 is 16.6 Å². The zero-order valence-electron chi connectivity index (χ0n) is 20.3. The van der Waals surface area contributed by atoms with Crippen LogP contribution in [0.15, 0.2) is 47.3 Å². The quantitative estimate of drug-likeness (QED) is 0.369. The fraction of sp³-hybridized carbons (Fsp3) is 0.481. The Labute approximate surface area is 199 Å². The predicted octanol–water partition coefficient (Wildman–Crippen LogP) is 5.53. The van der Waals surface area contributed by atoms with Crippen molar-refractivity contribution in [1.82, 2.24) is 14.5 Å². The molecule has 3 aromatic rings. The number of hydrogen-bond donors (Lipinski definition) is 0. The minimum Gasteiger partial charge on any atom is -0.300 e. The lowest BCUT2D eigenvalue weighted by atomic mass is 9.93. The van der Waals surface area contributed by atoms with Crippen molar-refractivity contribution in [3.05, 3.63) is 68.8 Å². The molecule has 2 aromatic carbocycles. The minimum atomic E-state index is -0.398. The first-order chi connectivity index (χ1) is 16.2. The number of nitrogens with zero attached hydrogens (tertiary/aromatic N) is 4. The molecule has 2 aliphatic rings. The molecule has 1 aliphatic heterocycles. The third-order valence-electron chi connectivity index (χ3n) is 7.66. The van der Waals surface area contributed by atoms with Gasteiger partial charge >= 0.3 is 0 Å². The number of nitro benzene ring substituents is 1. The Morgan fingerprint density at radius 2 is 1.88 bits per heavy atom. The van der Waals surface area contributed by atoms with Crippen LogP contribution >= 0.6 is 0 Å². The van der Waals surface area contributed by atoms with E-state index >= 15 is 0 Å².